The molecule has 3 aromatic rings. The molecule has 0 radical (unpaired) electrons. The summed E-state index contributed by atoms with van der Waals surface area (Å²) in [5.41, 5.74) is 4.03. The highest BCUT2D eigenvalue weighted by atomic mass is 16.6. The summed E-state index contributed by atoms with van der Waals surface area (Å²) in [7, 11) is 0. The molecule has 5 nitrogen and oxygen atoms in total. The van der Waals surface area contributed by atoms with Crippen molar-refractivity contribution in [3.05, 3.63) is 101 Å². The highest BCUT2D eigenvalue weighted by Gasteiger charge is 2.53. The molecule has 2 heterocycles. The van der Waals surface area contributed by atoms with Gasteiger partial charge in [-0.25, -0.2) is 4.79 Å². The largest absolute Gasteiger partial charge is 0.456 e. The van der Waals surface area contributed by atoms with Crippen LogP contribution >= 0.6 is 0 Å². The Morgan fingerprint density at radius 1 is 1.00 bits per heavy atom. The SMILES string of the molecule is C=CC(=O)Nc1cc2c(cc1C)Oc1cc(C)ccc1C21OC(=O)c2ccccc21. The number of aryl methyl sites for hydroxylation is 2. The van der Waals surface area contributed by atoms with E-state index in [2.05, 4.69) is 11.9 Å². The van der Waals surface area contributed by atoms with Crippen LogP contribution in [0.5, 0.6) is 11.5 Å². The number of rotatable bonds is 2. The molecule has 2 aliphatic heterocycles. The van der Waals surface area contributed by atoms with Crippen LogP contribution in [0.3, 0.4) is 0 Å². The first kappa shape index (κ1) is 18.2. The lowest BCUT2D eigenvalue weighted by Crippen LogP contribution is -2.33. The van der Waals surface area contributed by atoms with E-state index in [1.165, 1.54) is 6.08 Å². The monoisotopic (exact) mass is 397 g/mol. The van der Waals surface area contributed by atoms with E-state index < -0.39 is 5.60 Å². The Bertz CT molecular complexity index is 1260. The molecule has 1 unspecified atom stereocenters. The molecule has 0 saturated carbocycles. The van der Waals surface area contributed by atoms with Crippen molar-refractivity contribution in [2.75, 3.05) is 5.32 Å². The number of hydrogen-bond donors (Lipinski definition) is 1. The number of carbonyl (C=O) groups is 2. The molecule has 0 bridgehead atoms. The fourth-order valence-corrected chi connectivity index (χ4v) is 4.25. The van der Waals surface area contributed by atoms with Crippen molar-refractivity contribution in [3.63, 3.8) is 0 Å². The van der Waals surface area contributed by atoms with E-state index in [0.717, 1.165) is 22.3 Å². The third-order valence-electron chi connectivity index (χ3n) is 5.66. The number of benzene rings is 3. The Morgan fingerprint density at radius 3 is 2.57 bits per heavy atom. The summed E-state index contributed by atoms with van der Waals surface area (Å²) in [4.78, 5) is 24.8. The van der Waals surface area contributed by atoms with Crippen LogP contribution in [0.4, 0.5) is 5.69 Å². The molecule has 5 heteroatoms. The number of fused-ring (bicyclic) bond motifs is 6. The van der Waals surface area contributed by atoms with Crippen molar-refractivity contribution in [1.29, 1.82) is 0 Å². The number of esters is 1. The van der Waals surface area contributed by atoms with Crippen molar-refractivity contribution in [2.45, 2.75) is 19.4 Å². The molecular weight excluding hydrogens is 378 g/mol. The molecular formula is C25H19NO4. The fraction of sp³-hybridized carbons (Fsp3) is 0.120. The second-order valence-corrected chi connectivity index (χ2v) is 7.57. The second kappa shape index (κ2) is 6.32. The van der Waals surface area contributed by atoms with Gasteiger partial charge in [-0.2, -0.15) is 0 Å². The van der Waals surface area contributed by atoms with E-state index in [1.807, 2.05) is 62.4 Å². The Morgan fingerprint density at radius 2 is 1.77 bits per heavy atom. The number of ether oxygens (including phenoxy) is 2. The first-order chi connectivity index (χ1) is 14.4. The van der Waals surface area contributed by atoms with Crippen LogP contribution in [0.15, 0.2) is 67.3 Å². The molecule has 3 aromatic carbocycles. The zero-order valence-electron chi connectivity index (χ0n) is 16.6. The summed E-state index contributed by atoms with van der Waals surface area (Å²) in [5.74, 6) is 0.534. The van der Waals surface area contributed by atoms with E-state index in [9.17, 15) is 9.59 Å². The van der Waals surface area contributed by atoms with Gasteiger partial charge >= 0.3 is 5.97 Å². The van der Waals surface area contributed by atoms with Crippen LogP contribution in [0.1, 0.15) is 38.2 Å². The minimum atomic E-state index is -1.15. The second-order valence-electron chi connectivity index (χ2n) is 7.57. The van der Waals surface area contributed by atoms with Crippen LogP contribution in [0.2, 0.25) is 0 Å². The van der Waals surface area contributed by atoms with Gasteiger partial charge in [0.15, 0.2) is 5.60 Å². The maximum absolute atomic E-state index is 12.9. The summed E-state index contributed by atoms with van der Waals surface area (Å²) < 4.78 is 12.4. The van der Waals surface area contributed by atoms with Gasteiger partial charge in [0.2, 0.25) is 5.91 Å². The maximum atomic E-state index is 12.9. The van der Waals surface area contributed by atoms with Gasteiger partial charge < -0.3 is 14.8 Å². The van der Waals surface area contributed by atoms with Gasteiger partial charge in [0.25, 0.3) is 0 Å². The van der Waals surface area contributed by atoms with Gasteiger partial charge in [-0.1, -0.05) is 36.9 Å². The van der Waals surface area contributed by atoms with Gasteiger partial charge in [-0.3, -0.25) is 4.79 Å². The van der Waals surface area contributed by atoms with Gasteiger partial charge in [-0.15, -0.1) is 0 Å². The zero-order chi connectivity index (χ0) is 21.0. The predicted octanol–water partition coefficient (Wildman–Crippen LogP) is 5.00. The lowest BCUT2D eigenvalue weighted by Gasteiger charge is -2.37. The first-order valence-electron chi connectivity index (χ1n) is 9.64. The van der Waals surface area contributed by atoms with Crippen molar-refractivity contribution < 1.29 is 19.1 Å². The third kappa shape index (κ3) is 2.42. The maximum Gasteiger partial charge on any atom is 0.340 e. The fourth-order valence-electron chi connectivity index (χ4n) is 4.25. The van der Waals surface area contributed by atoms with Gasteiger partial charge in [-0.05, 0) is 55.3 Å². The number of hydrogen-bond acceptors (Lipinski definition) is 4. The topological polar surface area (TPSA) is 64.6 Å². The number of anilines is 1. The summed E-state index contributed by atoms with van der Waals surface area (Å²) in [5, 5.41) is 2.83. The van der Waals surface area contributed by atoms with Crippen LogP contribution in [-0.2, 0) is 15.1 Å². The Hall–Kier alpha value is -3.86. The molecule has 148 valence electrons. The van der Waals surface area contributed by atoms with E-state index >= 15 is 0 Å². The third-order valence-corrected chi connectivity index (χ3v) is 5.66. The van der Waals surface area contributed by atoms with Crippen LogP contribution in [0, 0.1) is 13.8 Å². The lowest BCUT2D eigenvalue weighted by molar-refractivity contribution is -0.111. The molecule has 30 heavy (non-hydrogen) atoms. The quantitative estimate of drug-likeness (QED) is 0.488. The summed E-state index contributed by atoms with van der Waals surface area (Å²) >= 11 is 0. The molecule has 1 spiro atoms. The van der Waals surface area contributed by atoms with Crippen molar-refractivity contribution in [2.24, 2.45) is 0 Å². The summed E-state index contributed by atoms with van der Waals surface area (Å²) in [6, 6.07) is 16.9. The van der Waals surface area contributed by atoms with Crippen LogP contribution in [-0.4, -0.2) is 11.9 Å². The number of carbonyl (C=O) groups excluding carboxylic acids is 2. The summed E-state index contributed by atoms with van der Waals surface area (Å²) in [6.07, 6.45) is 1.22. The molecule has 0 aromatic heterocycles. The zero-order valence-corrected chi connectivity index (χ0v) is 16.6. The Kier molecular flexibility index (Phi) is 3.83. The Labute approximate surface area is 173 Å². The predicted molar refractivity (Wildman–Crippen MR) is 113 cm³/mol. The molecule has 0 aliphatic carbocycles. The minimum absolute atomic E-state index is 0.316. The van der Waals surface area contributed by atoms with Gasteiger partial charge in [0.1, 0.15) is 11.5 Å². The molecule has 1 N–H and O–H groups in total. The Balaban J connectivity index is 1.84. The standard InChI is InChI=1S/C25H19NO4/c1-4-23(27)26-20-13-19-22(12-15(20)3)29-21-11-14(2)9-10-18(21)25(19)17-8-6-5-7-16(17)24(28)30-25/h4-13H,1H2,2-3H3,(H,26,27). The number of amides is 1. The van der Waals surface area contributed by atoms with Crippen LogP contribution in [0.25, 0.3) is 0 Å². The molecule has 2 aliphatic rings. The van der Waals surface area contributed by atoms with Gasteiger partial charge in [0, 0.05) is 22.4 Å². The van der Waals surface area contributed by atoms with E-state index in [4.69, 9.17) is 9.47 Å². The molecule has 1 amide bonds. The summed E-state index contributed by atoms with van der Waals surface area (Å²) in [6.45, 7) is 7.39. The van der Waals surface area contributed by atoms with Gasteiger partial charge in [0.05, 0.1) is 5.56 Å². The molecule has 1 atom stereocenters. The first-order valence-corrected chi connectivity index (χ1v) is 9.64. The molecule has 5 rings (SSSR count). The minimum Gasteiger partial charge on any atom is -0.456 e. The van der Waals surface area contributed by atoms with E-state index in [1.54, 1.807) is 6.07 Å². The normalized spacial score (nSPS) is 18.0. The average molecular weight is 397 g/mol. The highest BCUT2D eigenvalue weighted by Crippen LogP contribution is 2.56. The van der Waals surface area contributed by atoms with Crippen LogP contribution < -0.4 is 10.1 Å². The number of nitrogens with one attached hydrogen (secondary N) is 1. The highest BCUT2D eigenvalue weighted by molar-refractivity contribution is 6.00. The molecule has 0 fully saturated rings. The molecule has 0 saturated heterocycles. The van der Waals surface area contributed by atoms with Crippen molar-refractivity contribution >= 4 is 17.6 Å². The van der Waals surface area contributed by atoms with Crippen molar-refractivity contribution in [3.8, 4) is 11.5 Å². The van der Waals surface area contributed by atoms with E-state index in [-0.39, 0.29) is 11.9 Å². The van der Waals surface area contributed by atoms with E-state index in [0.29, 0.717) is 28.3 Å². The average Bonchev–Trinajstić information content (AvgIpc) is 3.02. The van der Waals surface area contributed by atoms with Crippen molar-refractivity contribution in [1.82, 2.24) is 0 Å². The lowest BCUT2D eigenvalue weighted by atomic mass is 9.77. The smallest absolute Gasteiger partial charge is 0.340 e.